The molecule has 1 fully saturated rings. The van der Waals surface area contributed by atoms with Gasteiger partial charge in [-0.1, -0.05) is 0 Å². The van der Waals surface area contributed by atoms with Crippen LogP contribution in [-0.2, 0) is 21.8 Å². The predicted octanol–water partition coefficient (Wildman–Crippen LogP) is 1.16. The van der Waals surface area contributed by atoms with Gasteiger partial charge in [0.1, 0.15) is 5.69 Å². The molecular weight excluding hydrogens is 296 g/mol. The fourth-order valence-electron chi connectivity index (χ4n) is 2.15. The molecule has 8 nitrogen and oxygen atoms in total. The summed E-state index contributed by atoms with van der Waals surface area (Å²) in [5.41, 5.74) is 0.134. The number of hydrogen-bond donors (Lipinski definition) is 1. The number of sulfonamides is 1. The van der Waals surface area contributed by atoms with Crippen LogP contribution in [-0.4, -0.2) is 47.8 Å². The van der Waals surface area contributed by atoms with Crippen LogP contribution in [0.3, 0.4) is 0 Å². The number of nitrogens with zero attached hydrogens (tertiary/aromatic N) is 3. The van der Waals surface area contributed by atoms with Crippen LogP contribution in [0, 0.1) is 0 Å². The van der Waals surface area contributed by atoms with Crippen LogP contribution in [0.1, 0.15) is 26.7 Å². The van der Waals surface area contributed by atoms with E-state index in [2.05, 4.69) is 10.4 Å². The number of carbonyl (C=O) groups excluding carboxylic acids is 1. The monoisotopic (exact) mass is 316 g/mol. The summed E-state index contributed by atoms with van der Waals surface area (Å²) >= 11 is 0. The van der Waals surface area contributed by atoms with Crippen molar-refractivity contribution in [2.45, 2.75) is 37.8 Å². The van der Waals surface area contributed by atoms with Crippen LogP contribution < -0.4 is 5.32 Å². The molecule has 0 bridgehead atoms. The Morgan fingerprint density at radius 3 is 2.57 bits per heavy atom. The van der Waals surface area contributed by atoms with Gasteiger partial charge in [0, 0.05) is 26.3 Å². The van der Waals surface area contributed by atoms with Crippen molar-refractivity contribution in [3.05, 3.63) is 6.20 Å². The summed E-state index contributed by atoms with van der Waals surface area (Å²) in [5.74, 6) is 0. The number of amides is 1. The molecule has 1 saturated heterocycles. The van der Waals surface area contributed by atoms with Gasteiger partial charge in [-0.25, -0.2) is 13.2 Å². The van der Waals surface area contributed by atoms with Gasteiger partial charge in [-0.15, -0.1) is 0 Å². The van der Waals surface area contributed by atoms with Crippen molar-refractivity contribution in [1.29, 1.82) is 0 Å². The Morgan fingerprint density at radius 2 is 2.00 bits per heavy atom. The summed E-state index contributed by atoms with van der Waals surface area (Å²) in [6.45, 7) is 4.39. The summed E-state index contributed by atoms with van der Waals surface area (Å²) in [6.07, 6.45) is 2.13. The number of hydrogen-bond acceptors (Lipinski definition) is 5. The van der Waals surface area contributed by atoms with Gasteiger partial charge in [0.25, 0.3) is 10.0 Å². The maximum Gasteiger partial charge on any atom is 0.412 e. The molecule has 0 radical (unpaired) electrons. The molecule has 9 heteroatoms. The highest BCUT2D eigenvalue weighted by atomic mass is 32.2. The third kappa shape index (κ3) is 3.53. The molecular formula is C12H20N4O4S. The minimum atomic E-state index is -3.69. The lowest BCUT2D eigenvalue weighted by atomic mass is 10.4. The first-order valence-corrected chi connectivity index (χ1v) is 8.26. The Bertz CT molecular complexity index is 617. The summed E-state index contributed by atoms with van der Waals surface area (Å²) in [7, 11) is -2.09. The van der Waals surface area contributed by atoms with E-state index in [4.69, 9.17) is 4.74 Å². The smallest absolute Gasteiger partial charge is 0.412 e. The highest BCUT2D eigenvalue weighted by molar-refractivity contribution is 7.89. The summed E-state index contributed by atoms with van der Waals surface area (Å²) < 4.78 is 32.8. The van der Waals surface area contributed by atoms with Gasteiger partial charge < -0.3 is 4.74 Å². The molecule has 0 saturated carbocycles. The van der Waals surface area contributed by atoms with E-state index in [-0.39, 0.29) is 16.8 Å². The van der Waals surface area contributed by atoms with Crippen molar-refractivity contribution in [3.63, 3.8) is 0 Å². The van der Waals surface area contributed by atoms with Crippen LogP contribution in [0.15, 0.2) is 11.2 Å². The zero-order valence-electron chi connectivity index (χ0n) is 12.4. The van der Waals surface area contributed by atoms with Crippen LogP contribution in [0.4, 0.5) is 10.5 Å². The Morgan fingerprint density at radius 1 is 1.38 bits per heavy atom. The van der Waals surface area contributed by atoms with Gasteiger partial charge in [-0.05, 0) is 26.7 Å². The highest BCUT2D eigenvalue weighted by Crippen LogP contribution is 2.25. The number of carbonyl (C=O) groups is 1. The molecule has 1 aromatic heterocycles. The molecule has 0 aromatic carbocycles. The van der Waals surface area contributed by atoms with Crippen LogP contribution >= 0.6 is 0 Å². The van der Waals surface area contributed by atoms with Crippen LogP contribution in [0.5, 0.6) is 0 Å². The van der Waals surface area contributed by atoms with Crippen LogP contribution in [0.25, 0.3) is 0 Å². The second-order valence-electron chi connectivity index (χ2n) is 5.21. The van der Waals surface area contributed by atoms with Gasteiger partial charge >= 0.3 is 6.09 Å². The zero-order valence-corrected chi connectivity index (χ0v) is 13.2. The number of aromatic nitrogens is 2. The largest absolute Gasteiger partial charge is 0.447 e. The van der Waals surface area contributed by atoms with Crippen molar-refractivity contribution >= 4 is 21.8 Å². The topological polar surface area (TPSA) is 93.5 Å². The number of rotatable bonds is 4. The molecule has 0 unspecified atom stereocenters. The van der Waals surface area contributed by atoms with E-state index in [0.717, 1.165) is 12.8 Å². The molecule has 0 aliphatic carbocycles. The summed E-state index contributed by atoms with van der Waals surface area (Å²) in [4.78, 5) is 11.7. The maximum absolute atomic E-state index is 12.5. The van der Waals surface area contributed by atoms with Gasteiger partial charge in [0.05, 0.1) is 6.10 Å². The number of nitrogens with one attached hydrogen (secondary N) is 1. The maximum atomic E-state index is 12.5. The predicted molar refractivity (Wildman–Crippen MR) is 76.4 cm³/mol. The second kappa shape index (κ2) is 6.02. The van der Waals surface area contributed by atoms with E-state index in [1.807, 2.05) is 0 Å². The highest BCUT2D eigenvalue weighted by Gasteiger charge is 2.32. The quantitative estimate of drug-likeness (QED) is 0.899. The van der Waals surface area contributed by atoms with E-state index in [1.54, 1.807) is 20.9 Å². The lowest BCUT2D eigenvalue weighted by Crippen LogP contribution is -2.29. The zero-order chi connectivity index (χ0) is 15.6. The normalized spacial score (nSPS) is 16.4. The first-order valence-electron chi connectivity index (χ1n) is 6.82. The Balaban J connectivity index is 2.26. The molecule has 1 aliphatic rings. The summed E-state index contributed by atoms with van der Waals surface area (Å²) in [5, 5.41) is 6.27. The Kier molecular flexibility index (Phi) is 4.52. The van der Waals surface area contributed by atoms with E-state index in [0.29, 0.717) is 13.1 Å². The lowest BCUT2D eigenvalue weighted by Gasteiger charge is -2.15. The second-order valence-corrected chi connectivity index (χ2v) is 7.07. The van der Waals surface area contributed by atoms with Gasteiger partial charge in [-0.2, -0.15) is 9.40 Å². The molecule has 2 heterocycles. The minimum absolute atomic E-state index is 0.134. The van der Waals surface area contributed by atoms with Crippen molar-refractivity contribution in [2.75, 3.05) is 18.4 Å². The van der Waals surface area contributed by atoms with E-state index in [9.17, 15) is 13.2 Å². The molecule has 1 N–H and O–H groups in total. The molecule has 1 amide bonds. The number of anilines is 1. The fourth-order valence-corrected chi connectivity index (χ4v) is 3.75. The molecule has 1 aliphatic heterocycles. The lowest BCUT2D eigenvalue weighted by molar-refractivity contribution is 0.130. The van der Waals surface area contributed by atoms with Gasteiger partial charge in [0.2, 0.25) is 5.03 Å². The molecule has 0 spiro atoms. The van der Waals surface area contributed by atoms with Crippen molar-refractivity contribution in [3.8, 4) is 0 Å². The third-order valence-electron chi connectivity index (χ3n) is 3.02. The third-order valence-corrected chi connectivity index (χ3v) is 4.86. The van der Waals surface area contributed by atoms with Crippen molar-refractivity contribution in [2.24, 2.45) is 7.05 Å². The average Bonchev–Trinajstić information content (AvgIpc) is 2.97. The molecule has 21 heavy (non-hydrogen) atoms. The Hall–Kier alpha value is -1.61. The fraction of sp³-hybridized carbons (Fsp3) is 0.667. The minimum Gasteiger partial charge on any atom is -0.447 e. The van der Waals surface area contributed by atoms with E-state index >= 15 is 0 Å². The van der Waals surface area contributed by atoms with E-state index in [1.165, 1.54) is 15.2 Å². The van der Waals surface area contributed by atoms with Crippen LogP contribution in [0.2, 0.25) is 0 Å². The summed E-state index contributed by atoms with van der Waals surface area (Å²) in [6, 6.07) is 0. The van der Waals surface area contributed by atoms with E-state index < -0.39 is 16.1 Å². The number of aryl methyl sites for hydroxylation is 1. The molecule has 2 rings (SSSR count). The standard InChI is InChI=1S/C12H20N4O4S/c1-9(2)20-12(17)13-10-8-15(3)14-11(10)21(18,19)16-6-4-5-7-16/h8-9H,4-7H2,1-3H3,(H,13,17). The molecule has 1 aromatic rings. The van der Waals surface area contributed by atoms with Crippen molar-refractivity contribution < 1.29 is 17.9 Å². The SMILES string of the molecule is CC(C)OC(=O)Nc1cn(C)nc1S(=O)(=O)N1CCCC1. The van der Waals surface area contributed by atoms with Crippen molar-refractivity contribution in [1.82, 2.24) is 14.1 Å². The first kappa shape index (κ1) is 15.8. The Labute approximate surface area is 124 Å². The molecule has 0 atom stereocenters. The first-order chi connectivity index (χ1) is 9.80. The van der Waals surface area contributed by atoms with Gasteiger partial charge in [-0.3, -0.25) is 10.00 Å². The van der Waals surface area contributed by atoms with Gasteiger partial charge in [0.15, 0.2) is 0 Å². The average molecular weight is 316 g/mol. The molecule has 118 valence electrons. The number of ether oxygens (including phenoxy) is 1.